The summed E-state index contributed by atoms with van der Waals surface area (Å²) < 4.78 is 10.2. The molecular formula is C11H15ClO4. The lowest BCUT2D eigenvalue weighted by Gasteiger charge is -2.16. The second-order valence-electron chi connectivity index (χ2n) is 3.47. The molecule has 1 unspecified atom stereocenters. The first-order valence-corrected chi connectivity index (χ1v) is 5.19. The first kappa shape index (κ1) is 12.9. The van der Waals surface area contributed by atoms with Gasteiger partial charge in [-0.25, -0.2) is 0 Å². The molecule has 0 aliphatic rings. The smallest absolute Gasteiger partial charge is 0.167 e. The molecule has 1 aromatic rings. The third-order valence-corrected chi connectivity index (χ3v) is 2.48. The summed E-state index contributed by atoms with van der Waals surface area (Å²) in [5.74, 6) is 0.742. The van der Waals surface area contributed by atoms with E-state index in [1.165, 1.54) is 20.3 Å². The number of aliphatic hydroxyl groups is 1. The standard InChI is InChI=1S/C11H15ClO4/c1-6(13)4-7-10(14)8(12)5-9(15-2)11(7)16-3/h5-6,13-14H,4H2,1-3H3. The van der Waals surface area contributed by atoms with Gasteiger partial charge in [0.25, 0.3) is 0 Å². The van der Waals surface area contributed by atoms with Crippen LogP contribution in [-0.2, 0) is 6.42 Å². The van der Waals surface area contributed by atoms with Gasteiger partial charge >= 0.3 is 0 Å². The molecule has 1 aromatic carbocycles. The van der Waals surface area contributed by atoms with Crippen molar-refractivity contribution in [2.24, 2.45) is 0 Å². The highest BCUT2D eigenvalue weighted by atomic mass is 35.5. The van der Waals surface area contributed by atoms with Gasteiger partial charge in [-0.3, -0.25) is 0 Å². The SMILES string of the molecule is COc1cc(Cl)c(O)c(CC(C)O)c1OC. The maximum absolute atomic E-state index is 9.80. The Kier molecular flexibility index (Phi) is 4.26. The van der Waals surface area contributed by atoms with E-state index in [1.54, 1.807) is 6.92 Å². The molecule has 4 nitrogen and oxygen atoms in total. The van der Waals surface area contributed by atoms with Crippen molar-refractivity contribution in [1.82, 2.24) is 0 Å². The van der Waals surface area contributed by atoms with Crippen molar-refractivity contribution in [2.45, 2.75) is 19.4 Å². The van der Waals surface area contributed by atoms with E-state index in [9.17, 15) is 10.2 Å². The lowest BCUT2D eigenvalue weighted by molar-refractivity contribution is 0.192. The fourth-order valence-electron chi connectivity index (χ4n) is 1.51. The summed E-state index contributed by atoms with van der Waals surface area (Å²) in [6.07, 6.45) is -0.366. The molecule has 0 saturated heterocycles. The average molecular weight is 247 g/mol. The number of rotatable bonds is 4. The molecule has 5 heteroatoms. The monoisotopic (exact) mass is 246 g/mol. The molecule has 0 spiro atoms. The Morgan fingerprint density at radius 1 is 1.38 bits per heavy atom. The number of ether oxygens (including phenoxy) is 2. The Morgan fingerprint density at radius 2 is 2.00 bits per heavy atom. The molecule has 2 N–H and O–H groups in total. The number of methoxy groups -OCH3 is 2. The normalized spacial score (nSPS) is 12.3. The maximum Gasteiger partial charge on any atom is 0.167 e. The van der Waals surface area contributed by atoms with Gasteiger partial charge in [-0.15, -0.1) is 0 Å². The maximum atomic E-state index is 9.80. The van der Waals surface area contributed by atoms with E-state index < -0.39 is 6.10 Å². The van der Waals surface area contributed by atoms with Gasteiger partial charge in [-0.05, 0) is 6.92 Å². The Bertz CT molecular complexity index is 377. The molecule has 90 valence electrons. The van der Waals surface area contributed by atoms with Crippen LogP contribution in [0.4, 0.5) is 0 Å². The van der Waals surface area contributed by atoms with E-state index in [4.69, 9.17) is 21.1 Å². The Hall–Kier alpha value is -1.13. The van der Waals surface area contributed by atoms with Crippen LogP contribution in [-0.4, -0.2) is 30.5 Å². The summed E-state index contributed by atoms with van der Waals surface area (Å²) in [7, 11) is 2.95. The van der Waals surface area contributed by atoms with E-state index in [1.807, 2.05) is 0 Å². The fourth-order valence-corrected chi connectivity index (χ4v) is 1.72. The fraction of sp³-hybridized carbons (Fsp3) is 0.455. The van der Waals surface area contributed by atoms with Crippen molar-refractivity contribution in [2.75, 3.05) is 14.2 Å². The summed E-state index contributed by atoms with van der Waals surface area (Å²) in [4.78, 5) is 0. The van der Waals surface area contributed by atoms with Crippen molar-refractivity contribution in [1.29, 1.82) is 0 Å². The van der Waals surface area contributed by atoms with Crippen LogP contribution in [0.1, 0.15) is 12.5 Å². The average Bonchev–Trinajstić information content (AvgIpc) is 2.23. The first-order chi connectivity index (χ1) is 7.51. The van der Waals surface area contributed by atoms with Gasteiger partial charge < -0.3 is 19.7 Å². The topological polar surface area (TPSA) is 58.9 Å². The van der Waals surface area contributed by atoms with Gasteiger partial charge in [-0.1, -0.05) is 11.6 Å². The number of phenolic OH excluding ortho intramolecular Hbond substituents is 1. The third-order valence-electron chi connectivity index (χ3n) is 2.19. The van der Waals surface area contributed by atoms with Crippen LogP contribution in [0.5, 0.6) is 17.2 Å². The van der Waals surface area contributed by atoms with Crippen LogP contribution in [0.25, 0.3) is 0 Å². The van der Waals surface area contributed by atoms with Gasteiger partial charge in [0.2, 0.25) is 0 Å². The lowest BCUT2D eigenvalue weighted by atomic mass is 10.1. The summed E-state index contributed by atoms with van der Waals surface area (Å²) >= 11 is 5.84. The molecule has 0 saturated carbocycles. The Balaban J connectivity index is 3.34. The zero-order valence-corrected chi connectivity index (χ0v) is 10.2. The van der Waals surface area contributed by atoms with Crippen molar-refractivity contribution >= 4 is 11.6 Å². The highest BCUT2D eigenvalue weighted by Crippen LogP contribution is 2.42. The van der Waals surface area contributed by atoms with Gasteiger partial charge in [0.1, 0.15) is 5.75 Å². The van der Waals surface area contributed by atoms with Crippen molar-refractivity contribution in [3.05, 3.63) is 16.7 Å². The van der Waals surface area contributed by atoms with E-state index in [0.717, 1.165) is 0 Å². The number of halogens is 1. The zero-order valence-electron chi connectivity index (χ0n) is 9.45. The number of aliphatic hydroxyl groups excluding tert-OH is 1. The highest BCUT2D eigenvalue weighted by Gasteiger charge is 2.19. The Labute approximate surface area is 99.4 Å². The van der Waals surface area contributed by atoms with Crippen LogP contribution < -0.4 is 9.47 Å². The second kappa shape index (κ2) is 5.27. The molecule has 0 amide bonds. The van der Waals surface area contributed by atoms with Gasteiger partial charge in [0.15, 0.2) is 11.5 Å². The largest absolute Gasteiger partial charge is 0.506 e. The van der Waals surface area contributed by atoms with Crippen molar-refractivity contribution in [3.63, 3.8) is 0 Å². The number of benzene rings is 1. The minimum absolute atomic E-state index is 0.0831. The summed E-state index contributed by atoms with van der Waals surface area (Å²) in [6, 6.07) is 1.47. The van der Waals surface area contributed by atoms with Gasteiger partial charge in [0, 0.05) is 18.1 Å². The molecule has 0 bridgehead atoms. The zero-order chi connectivity index (χ0) is 12.3. The van der Waals surface area contributed by atoms with Crippen LogP contribution in [0.15, 0.2) is 6.07 Å². The molecule has 1 atom stereocenters. The van der Waals surface area contributed by atoms with Crippen LogP contribution >= 0.6 is 11.6 Å². The quantitative estimate of drug-likeness (QED) is 0.853. The van der Waals surface area contributed by atoms with Crippen LogP contribution in [0.2, 0.25) is 5.02 Å². The first-order valence-electron chi connectivity index (χ1n) is 4.81. The predicted octanol–water partition coefficient (Wildman–Crippen LogP) is 1.99. The molecule has 0 aliphatic heterocycles. The molecule has 0 aromatic heterocycles. The van der Waals surface area contributed by atoms with E-state index in [0.29, 0.717) is 17.1 Å². The third kappa shape index (κ3) is 2.51. The van der Waals surface area contributed by atoms with Crippen LogP contribution in [0, 0.1) is 0 Å². The van der Waals surface area contributed by atoms with Gasteiger partial charge in [-0.2, -0.15) is 0 Å². The Morgan fingerprint density at radius 3 is 2.44 bits per heavy atom. The number of hydrogen-bond acceptors (Lipinski definition) is 4. The number of hydrogen-bond donors (Lipinski definition) is 2. The summed E-state index contributed by atoms with van der Waals surface area (Å²) in [6.45, 7) is 1.62. The van der Waals surface area contributed by atoms with Crippen LogP contribution in [0.3, 0.4) is 0 Å². The van der Waals surface area contributed by atoms with Crippen molar-refractivity contribution in [3.8, 4) is 17.2 Å². The van der Waals surface area contributed by atoms with Gasteiger partial charge in [0.05, 0.1) is 25.3 Å². The molecule has 1 rings (SSSR count). The molecule has 0 heterocycles. The molecule has 0 radical (unpaired) electrons. The van der Waals surface area contributed by atoms with Crippen molar-refractivity contribution < 1.29 is 19.7 Å². The van der Waals surface area contributed by atoms with E-state index in [2.05, 4.69) is 0 Å². The van der Waals surface area contributed by atoms with E-state index in [-0.39, 0.29) is 17.2 Å². The lowest BCUT2D eigenvalue weighted by Crippen LogP contribution is -2.07. The highest BCUT2D eigenvalue weighted by molar-refractivity contribution is 6.32. The molecule has 0 fully saturated rings. The second-order valence-corrected chi connectivity index (χ2v) is 3.88. The molecule has 16 heavy (non-hydrogen) atoms. The summed E-state index contributed by atoms with van der Waals surface area (Å²) in [5, 5.41) is 19.3. The predicted molar refractivity (Wildman–Crippen MR) is 61.6 cm³/mol. The number of aromatic hydroxyl groups is 1. The summed E-state index contributed by atoms with van der Waals surface area (Å²) in [5.41, 5.74) is 0.446. The number of phenols is 1. The molecular weight excluding hydrogens is 232 g/mol. The molecule has 0 aliphatic carbocycles. The minimum Gasteiger partial charge on any atom is -0.506 e. The minimum atomic E-state index is -0.608. The van der Waals surface area contributed by atoms with E-state index >= 15 is 0 Å².